The van der Waals surface area contributed by atoms with Gasteiger partial charge in [0.05, 0.1) is 17.6 Å². The van der Waals surface area contributed by atoms with E-state index >= 15 is 0 Å². The smallest absolute Gasteiger partial charge is 0.157 e. The van der Waals surface area contributed by atoms with E-state index in [1.54, 1.807) is 0 Å². The maximum atomic E-state index is 11.7. The fourth-order valence-corrected chi connectivity index (χ4v) is 3.42. The van der Waals surface area contributed by atoms with Crippen LogP contribution in [0.5, 0.6) is 0 Å². The van der Waals surface area contributed by atoms with Crippen LogP contribution in [0.25, 0.3) is 5.57 Å². The molecule has 2 rings (SSSR count). The minimum Gasteiger partial charge on any atom is -0.376 e. The molecule has 0 saturated carbocycles. The molecule has 1 aromatic carbocycles. The quantitative estimate of drug-likeness (QED) is 0.784. The lowest BCUT2D eigenvalue weighted by molar-refractivity contribution is 0.158. The van der Waals surface area contributed by atoms with E-state index in [0.29, 0.717) is 0 Å². The molecule has 0 amide bonds. The van der Waals surface area contributed by atoms with E-state index in [1.165, 1.54) is 7.11 Å². The van der Waals surface area contributed by atoms with E-state index in [4.69, 9.17) is 4.74 Å². The molecule has 1 atom stereocenters. The van der Waals surface area contributed by atoms with Crippen molar-refractivity contribution in [2.45, 2.75) is 6.10 Å². The Kier molecular flexibility index (Phi) is 3.12. The molecule has 1 aliphatic heterocycles. The molecule has 1 heterocycles. The summed E-state index contributed by atoms with van der Waals surface area (Å²) in [5.41, 5.74) is 1.78. The summed E-state index contributed by atoms with van der Waals surface area (Å²) in [5.74, 6) is 0.191. The molecule has 0 fully saturated rings. The fourth-order valence-electron chi connectivity index (χ4n) is 1.83. The topological polar surface area (TPSA) is 43.4 Å². The minimum absolute atomic E-state index is 0.0832. The van der Waals surface area contributed by atoms with E-state index < -0.39 is 9.84 Å². The molecule has 1 aromatic rings. The third kappa shape index (κ3) is 2.51. The Morgan fingerprint density at radius 3 is 2.56 bits per heavy atom. The second kappa shape index (κ2) is 4.39. The van der Waals surface area contributed by atoms with Crippen molar-refractivity contribution in [2.75, 3.05) is 18.6 Å². The van der Waals surface area contributed by atoms with Crippen LogP contribution in [0.4, 0.5) is 0 Å². The predicted molar refractivity (Wildman–Crippen MR) is 63.9 cm³/mol. The van der Waals surface area contributed by atoms with Crippen molar-refractivity contribution >= 4 is 15.4 Å². The highest BCUT2D eigenvalue weighted by molar-refractivity contribution is 7.91. The summed E-state index contributed by atoms with van der Waals surface area (Å²) in [6, 6.07) is 9.55. The zero-order valence-corrected chi connectivity index (χ0v) is 9.91. The molecule has 0 saturated heterocycles. The van der Waals surface area contributed by atoms with Gasteiger partial charge in [-0.15, -0.1) is 0 Å². The fraction of sp³-hybridized carbons (Fsp3) is 0.333. The number of benzene rings is 1. The van der Waals surface area contributed by atoms with Crippen LogP contribution in [0, 0.1) is 0 Å². The van der Waals surface area contributed by atoms with Crippen LogP contribution in [0.2, 0.25) is 0 Å². The Hall–Kier alpha value is -1.13. The van der Waals surface area contributed by atoms with Gasteiger partial charge in [-0.05, 0) is 11.1 Å². The average molecular weight is 238 g/mol. The number of sulfone groups is 1. The Bertz CT molecular complexity index is 488. The third-order valence-electron chi connectivity index (χ3n) is 2.63. The Morgan fingerprint density at radius 2 is 1.94 bits per heavy atom. The summed E-state index contributed by atoms with van der Waals surface area (Å²) < 4.78 is 28.5. The van der Waals surface area contributed by atoms with Gasteiger partial charge in [-0.2, -0.15) is 0 Å². The molecule has 0 radical (unpaired) electrons. The number of methoxy groups -OCH3 is 1. The highest BCUT2D eigenvalue weighted by atomic mass is 32.2. The molecule has 0 aliphatic carbocycles. The molecule has 1 unspecified atom stereocenters. The zero-order chi connectivity index (χ0) is 11.6. The molecule has 4 heteroatoms. The molecule has 86 valence electrons. The van der Waals surface area contributed by atoms with Gasteiger partial charge in [-0.1, -0.05) is 36.4 Å². The second-order valence-electron chi connectivity index (χ2n) is 3.89. The van der Waals surface area contributed by atoms with Crippen molar-refractivity contribution in [3.05, 3.63) is 42.0 Å². The highest BCUT2D eigenvalue weighted by Crippen LogP contribution is 2.23. The molecular formula is C12H14O3S. The van der Waals surface area contributed by atoms with Crippen molar-refractivity contribution in [1.82, 2.24) is 0 Å². The van der Waals surface area contributed by atoms with Gasteiger partial charge in [-0.3, -0.25) is 0 Å². The Labute approximate surface area is 95.7 Å². The molecular weight excluding hydrogens is 224 g/mol. The predicted octanol–water partition coefficient (Wildman–Crippen LogP) is 1.51. The zero-order valence-electron chi connectivity index (χ0n) is 9.09. The SMILES string of the molecule is COC1C=C(c2ccccc2)CS(=O)(=O)C1. The molecule has 0 N–H and O–H groups in total. The summed E-state index contributed by atoms with van der Waals surface area (Å²) in [4.78, 5) is 0. The number of hydrogen-bond donors (Lipinski definition) is 0. The van der Waals surface area contributed by atoms with Crippen molar-refractivity contribution < 1.29 is 13.2 Å². The van der Waals surface area contributed by atoms with E-state index in [1.807, 2.05) is 36.4 Å². The largest absolute Gasteiger partial charge is 0.376 e. The van der Waals surface area contributed by atoms with Crippen LogP contribution >= 0.6 is 0 Å². The van der Waals surface area contributed by atoms with Crippen LogP contribution in [0.3, 0.4) is 0 Å². The van der Waals surface area contributed by atoms with Gasteiger partial charge in [0.25, 0.3) is 0 Å². The van der Waals surface area contributed by atoms with Crippen molar-refractivity contribution in [3.63, 3.8) is 0 Å². The summed E-state index contributed by atoms with van der Waals surface area (Å²) in [6.07, 6.45) is 1.57. The van der Waals surface area contributed by atoms with Crippen LogP contribution in [0.1, 0.15) is 5.56 Å². The van der Waals surface area contributed by atoms with Gasteiger partial charge >= 0.3 is 0 Å². The normalized spacial score (nSPS) is 23.8. The van der Waals surface area contributed by atoms with E-state index in [9.17, 15) is 8.42 Å². The standard InChI is InChI=1S/C12H14O3S/c1-15-12-7-11(8-16(13,14)9-12)10-5-3-2-4-6-10/h2-7,12H,8-9H2,1H3. The first kappa shape index (κ1) is 11.4. The number of rotatable bonds is 2. The Morgan fingerprint density at radius 1 is 1.25 bits per heavy atom. The van der Waals surface area contributed by atoms with Gasteiger partial charge in [0.2, 0.25) is 0 Å². The first-order valence-electron chi connectivity index (χ1n) is 5.10. The van der Waals surface area contributed by atoms with Gasteiger partial charge in [0, 0.05) is 7.11 Å². The maximum absolute atomic E-state index is 11.7. The first-order chi connectivity index (χ1) is 7.61. The van der Waals surface area contributed by atoms with E-state index in [2.05, 4.69) is 0 Å². The number of ether oxygens (including phenoxy) is 1. The Balaban J connectivity index is 2.38. The molecule has 0 bridgehead atoms. The summed E-state index contributed by atoms with van der Waals surface area (Å²) in [5, 5.41) is 0. The van der Waals surface area contributed by atoms with Crippen molar-refractivity contribution in [1.29, 1.82) is 0 Å². The molecule has 0 aromatic heterocycles. The van der Waals surface area contributed by atoms with E-state index in [0.717, 1.165) is 11.1 Å². The third-order valence-corrected chi connectivity index (χ3v) is 4.22. The van der Waals surface area contributed by atoms with Gasteiger partial charge in [-0.25, -0.2) is 8.42 Å². The lowest BCUT2D eigenvalue weighted by Gasteiger charge is -2.20. The molecule has 3 nitrogen and oxygen atoms in total. The molecule has 0 spiro atoms. The summed E-state index contributed by atoms with van der Waals surface area (Å²) >= 11 is 0. The van der Waals surface area contributed by atoms with Crippen molar-refractivity contribution in [2.24, 2.45) is 0 Å². The summed E-state index contributed by atoms with van der Waals surface area (Å²) in [7, 11) is -1.50. The van der Waals surface area contributed by atoms with Crippen molar-refractivity contribution in [3.8, 4) is 0 Å². The van der Waals surface area contributed by atoms with Crippen LogP contribution in [-0.4, -0.2) is 33.1 Å². The summed E-state index contributed by atoms with van der Waals surface area (Å²) in [6.45, 7) is 0. The lowest BCUT2D eigenvalue weighted by atomic mass is 10.1. The van der Waals surface area contributed by atoms with Gasteiger partial charge < -0.3 is 4.74 Å². The highest BCUT2D eigenvalue weighted by Gasteiger charge is 2.25. The molecule has 16 heavy (non-hydrogen) atoms. The van der Waals surface area contributed by atoms with E-state index in [-0.39, 0.29) is 17.6 Å². The average Bonchev–Trinajstić information content (AvgIpc) is 2.28. The maximum Gasteiger partial charge on any atom is 0.157 e. The van der Waals surface area contributed by atoms with Gasteiger partial charge in [0.1, 0.15) is 0 Å². The monoisotopic (exact) mass is 238 g/mol. The first-order valence-corrected chi connectivity index (χ1v) is 6.92. The van der Waals surface area contributed by atoms with Gasteiger partial charge in [0.15, 0.2) is 9.84 Å². The van der Waals surface area contributed by atoms with Crippen LogP contribution in [0.15, 0.2) is 36.4 Å². The second-order valence-corrected chi connectivity index (χ2v) is 6.00. The number of hydrogen-bond acceptors (Lipinski definition) is 3. The van der Waals surface area contributed by atoms with Crippen LogP contribution in [-0.2, 0) is 14.6 Å². The lowest BCUT2D eigenvalue weighted by Crippen LogP contribution is -2.28. The minimum atomic E-state index is -3.03. The molecule has 1 aliphatic rings. The van der Waals surface area contributed by atoms with Crippen LogP contribution < -0.4 is 0 Å².